The summed E-state index contributed by atoms with van der Waals surface area (Å²) in [7, 11) is 3.53. The van der Waals surface area contributed by atoms with Gasteiger partial charge in [0.05, 0.1) is 27.9 Å². The summed E-state index contributed by atoms with van der Waals surface area (Å²) in [5.74, 6) is -0.0155. The molecule has 3 saturated heterocycles. The van der Waals surface area contributed by atoms with Crippen LogP contribution in [0.5, 0.6) is 0 Å². The Morgan fingerprint density at radius 3 is 2.24 bits per heavy atom. The number of nitrogens with one attached hydrogen (secondary N) is 2. The zero-order valence-electron chi connectivity index (χ0n) is 28.9. The molecule has 0 saturated carbocycles. The highest BCUT2D eigenvalue weighted by Gasteiger charge is 2.38. The number of thiophene rings is 1. The SMILES string of the molecule is CNc1c(Cl)cc(C[C@@H](CC(=O)N2CCC(N3CCc4cscc4NC3=O)CC2)C(=O)N2CCC(C3CCN(C)CC3)CC2)cc1C(F)(F)F. The molecule has 1 aromatic carbocycles. The molecule has 3 fully saturated rings. The van der Waals surface area contributed by atoms with Crippen LogP contribution in [0.1, 0.15) is 61.6 Å². The number of benzene rings is 1. The van der Waals surface area contributed by atoms with Crippen molar-refractivity contribution in [2.45, 2.75) is 70.0 Å². The van der Waals surface area contributed by atoms with Crippen molar-refractivity contribution >= 4 is 52.2 Å². The van der Waals surface area contributed by atoms with Gasteiger partial charge < -0.3 is 30.2 Å². The fourth-order valence-corrected chi connectivity index (χ4v) is 9.57. The van der Waals surface area contributed by atoms with E-state index < -0.39 is 17.7 Å². The zero-order chi connectivity index (χ0) is 35.6. The van der Waals surface area contributed by atoms with Gasteiger partial charge in [-0.3, -0.25) is 9.59 Å². The number of carbonyl (C=O) groups excluding carboxylic acids is 3. The maximum absolute atomic E-state index is 14.2. The van der Waals surface area contributed by atoms with E-state index in [-0.39, 0.29) is 53.0 Å². The molecular formula is C36H48ClF3N6O3S. The predicted octanol–water partition coefficient (Wildman–Crippen LogP) is 6.67. The summed E-state index contributed by atoms with van der Waals surface area (Å²) in [5, 5.41) is 9.49. The number of hydrogen-bond donors (Lipinski definition) is 2. The third kappa shape index (κ3) is 8.36. The first kappa shape index (κ1) is 36.8. The second kappa shape index (κ2) is 15.7. The molecule has 1 aromatic heterocycles. The summed E-state index contributed by atoms with van der Waals surface area (Å²) in [6, 6.07) is 2.38. The molecule has 4 aliphatic heterocycles. The Balaban J connectivity index is 1.13. The number of fused-ring (bicyclic) bond motifs is 1. The van der Waals surface area contributed by atoms with E-state index in [1.807, 2.05) is 15.2 Å². The maximum atomic E-state index is 14.2. The molecule has 0 spiro atoms. The lowest BCUT2D eigenvalue weighted by Crippen LogP contribution is -2.50. The number of alkyl halides is 3. The van der Waals surface area contributed by atoms with E-state index in [0.717, 1.165) is 62.5 Å². The summed E-state index contributed by atoms with van der Waals surface area (Å²) in [6.45, 7) is 4.83. The van der Waals surface area contributed by atoms with Crippen LogP contribution in [0.15, 0.2) is 22.9 Å². The molecule has 1 atom stereocenters. The highest BCUT2D eigenvalue weighted by molar-refractivity contribution is 7.08. The van der Waals surface area contributed by atoms with Gasteiger partial charge in [0.1, 0.15) is 0 Å². The van der Waals surface area contributed by atoms with E-state index in [1.165, 1.54) is 13.1 Å². The normalized spacial score (nSPS) is 21.1. The number of rotatable bonds is 8. The van der Waals surface area contributed by atoms with Crippen LogP contribution in [0.2, 0.25) is 5.02 Å². The number of hydrogen-bond acceptors (Lipinski definition) is 6. The Morgan fingerprint density at radius 2 is 1.60 bits per heavy atom. The minimum absolute atomic E-state index is 0.0105. The minimum Gasteiger partial charge on any atom is -0.386 e. The lowest BCUT2D eigenvalue weighted by molar-refractivity contribution is -0.143. The molecule has 0 aliphatic carbocycles. The Labute approximate surface area is 301 Å². The molecule has 4 amide bonds. The van der Waals surface area contributed by atoms with Crippen LogP contribution in [0.4, 0.5) is 29.3 Å². The third-order valence-electron chi connectivity index (χ3n) is 11.4. The largest absolute Gasteiger partial charge is 0.418 e. The van der Waals surface area contributed by atoms with Crippen LogP contribution in [-0.4, -0.2) is 103 Å². The van der Waals surface area contributed by atoms with Gasteiger partial charge in [-0.1, -0.05) is 11.6 Å². The summed E-state index contributed by atoms with van der Waals surface area (Å²) in [6.07, 6.45) is 1.33. The summed E-state index contributed by atoms with van der Waals surface area (Å²) < 4.78 is 42.1. The highest BCUT2D eigenvalue weighted by Crippen LogP contribution is 2.40. The summed E-state index contributed by atoms with van der Waals surface area (Å²) in [5.41, 5.74) is 1.15. The van der Waals surface area contributed by atoms with Gasteiger partial charge in [-0.25, -0.2) is 4.79 Å². The first-order valence-corrected chi connectivity index (χ1v) is 19.2. The summed E-state index contributed by atoms with van der Waals surface area (Å²) >= 11 is 7.90. The first-order chi connectivity index (χ1) is 23.9. The van der Waals surface area contributed by atoms with E-state index in [0.29, 0.717) is 57.4 Å². The molecule has 0 radical (unpaired) electrons. The van der Waals surface area contributed by atoms with Gasteiger partial charge >= 0.3 is 12.2 Å². The van der Waals surface area contributed by atoms with Crippen molar-refractivity contribution in [2.24, 2.45) is 17.8 Å². The molecule has 2 N–H and O–H groups in total. The number of nitrogens with zero attached hydrogens (tertiary/aromatic N) is 4. The Hall–Kier alpha value is -3.03. The molecule has 4 aliphatic rings. The monoisotopic (exact) mass is 736 g/mol. The number of anilines is 2. The van der Waals surface area contributed by atoms with Crippen molar-refractivity contribution in [3.8, 4) is 0 Å². The van der Waals surface area contributed by atoms with Crippen LogP contribution in [0, 0.1) is 17.8 Å². The molecule has 2 aromatic rings. The second-order valence-corrected chi connectivity index (χ2v) is 15.6. The van der Waals surface area contributed by atoms with Crippen molar-refractivity contribution in [1.82, 2.24) is 19.6 Å². The second-order valence-electron chi connectivity index (χ2n) is 14.5. The van der Waals surface area contributed by atoms with Crippen molar-refractivity contribution in [3.05, 3.63) is 44.6 Å². The Kier molecular flexibility index (Phi) is 11.5. The van der Waals surface area contributed by atoms with Crippen molar-refractivity contribution < 1.29 is 27.6 Å². The molecule has 0 unspecified atom stereocenters. The van der Waals surface area contributed by atoms with E-state index in [4.69, 9.17) is 11.6 Å². The standard InChI is InChI=1S/C36H48ClF3N6O3S/c1-41-33-29(36(38,39)40)18-23(19-30(33)37)17-27(34(48)45-12-5-25(6-13-45)24-3-10-43(2)11-4-24)20-32(47)44-14-8-28(9-15-44)46-16-7-26-21-50-22-31(26)42-35(46)49/h18-19,21-22,24-25,27-28,41H,3-17,20H2,1-2H3,(H,42,49)/t27-/m0/s1. The van der Waals surface area contributed by atoms with E-state index in [1.54, 1.807) is 16.2 Å². The van der Waals surface area contributed by atoms with E-state index in [2.05, 4.69) is 28.0 Å². The highest BCUT2D eigenvalue weighted by atomic mass is 35.5. The van der Waals surface area contributed by atoms with Crippen LogP contribution < -0.4 is 10.6 Å². The molecule has 9 nitrogen and oxygen atoms in total. The van der Waals surface area contributed by atoms with Gasteiger partial charge in [0.2, 0.25) is 11.8 Å². The number of urea groups is 1. The average molecular weight is 737 g/mol. The molecule has 6 rings (SSSR count). The maximum Gasteiger partial charge on any atom is 0.418 e. The predicted molar refractivity (Wildman–Crippen MR) is 191 cm³/mol. The fraction of sp³-hybridized carbons (Fsp3) is 0.639. The van der Waals surface area contributed by atoms with E-state index >= 15 is 0 Å². The van der Waals surface area contributed by atoms with Crippen LogP contribution in [0.25, 0.3) is 0 Å². The smallest absolute Gasteiger partial charge is 0.386 e. The van der Waals surface area contributed by atoms with Gasteiger partial charge in [-0.05, 0) is 112 Å². The van der Waals surface area contributed by atoms with Crippen molar-refractivity contribution in [1.29, 1.82) is 0 Å². The number of piperidine rings is 3. The van der Waals surface area contributed by atoms with E-state index in [9.17, 15) is 27.6 Å². The van der Waals surface area contributed by atoms with Crippen LogP contribution in [0.3, 0.4) is 0 Å². The molecule has 14 heteroatoms. The van der Waals surface area contributed by atoms with Crippen molar-refractivity contribution in [2.75, 3.05) is 70.5 Å². The number of carbonyl (C=O) groups is 3. The van der Waals surface area contributed by atoms with Gasteiger partial charge in [0, 0.05) is 57.6 Å². The van der Waals surface area contributed by atoms with Gasteiger partial charge in [-0.15, -0.1) is 11.3 Å². The van der Waals surface area contributed by atoms with Crippen molar-refractivity contribution in [3.63, 3.8) is 0 Å². The lowest BCUT2D eigenvalue weighted by Gasteiger charge is -2.40. The van der Waals surface area contributed by atoms with Crippen LogP contribution >= 0.6 is 22.9 Å². The van der Waals surface area contributed by atoms with Crippen LogP contribution in [-0.2, 0) is 28.6 Å². The Morgan fingerprint density at radius 1 is 0.960 bits per heavy atom. The average Bonchev–Trinajstić information content (AvgIpc) is 3.47. The third-order valence-corrected chi connectivity index (χ3v) is 12.5. The quantitative estimate of drug-likeness (QED) is 0.316. The molecule has 274 valence electrons. The summed E-state index contributed by atoms with van der Waals surface area (Å²) in [4.78, 5) is 48.8. The fourth-order valence-electron chi connectivity index (χ4n) is 8.41. The minimum atomic E-state index is -4.65. The molecule has 5 heterocycles. The topological polar surface area (TPSA) is 88.2 Å². The molecular weight excluding hydrogens is 689 g/mol. The number of likely N-dealkylation sites (tertiary alicyclic amines) is 3. The Bertz CT molecular complexity index is 1530. The molecule has 50 heavy (non-hydrogen) atoms. The first-order valence-electron chi connectivity index (χ1n) is 17.9. The lowest BCUT2D eigenvalue weighted by atomic mass is 9.78. The number of halogens is 4. The zero-order valence-corrected chi connectivity index (χ0v) is 30.4. The van der Waals surface area contributed by atoms with Gasteiger partial charge in [-0.2, -0.15) is 13.2 Å². The number of amides is 4. The van der Waals surface area contributed by atoms with Gasteiger partial charge in [0.15, 0.2) is 0 Å². The molecule has 0 bridgehead atoms. The van der Waals surface area contributed by atoms with Gasteiger partial charge in [0.25, 0.3) is 0 Å².